The van der Waals surface area contributed by atoms with E-state index in [0.29, 0.717) is 17.4 Å². The Morgan fingerprint density at radius 3 is 2.79 bits per heavy atom. The van der Waals surface area contributed by atoms with E-state index in [1.807, 2.05) is 25.2 Å². The van der Waals surface area contributed by atoms with Crippen LogP contribution in [0.3, 0.4) is 0 Å². The molecule has 0 bridgehead atoms. The number of benzene rings is 1. The molecule has 0 amide bonds. The molecule has 1 saturated carbocycles. The Hall–Kier alpha value is -1.81. The summed E-state index contributed by atoms with van der Waals surface area (Å²) in [7, 11) is 3.42. The summed E-state index contributed by atoms with van der Waals surface area (Å²) < 4.78 is 6.96. The summed E-state index contributed by atoms with van der Waals surface area (Å²) in [6, 6.07) is 8.10. The molecule has 1 aromatic carbocycles. The standard InChI is InChI=1S/C15H18N2O2/c1-17-14(13(19-2)9-16-17)15(18)12-6-4-3-5-11(12)10-7-8-10/h3-6,9-10,15,18H,7-8H2,1-2H3. The highest BCUT2D eigenvalue weighted by Crippen LogP contribution is 2.44. The van der Waals surface area contributed by atoms with Gasteiger partial charge in [-0.05, 0) is 29.9 Å². The van der Waals surface area contributed by atoms with Gasteiger partial charge in [0.05, 0.1) is 13.3 Å². The lowest BCUT2D eigenvalue weighted by Gasteiger charge is -2.17. The average molecular weight is 258 g/mol. The van der Waals surface area contributed by atoms with Crippen molar-refractivity contribution in [3.8, 4) is 5.75 Å². The molecule has 1 aliphatic rings. The largest absolute Gasteiger partial charge is 0.493 e. The minimum atomic E-state index is -0.695. The summed E-state index contributed by atoms with van der Waals surface area (Å²) in [6.45, 7) is 0. The molecule has 0 saturated heterocycles. The van der Waals surface area contributed by atoms with Crippen molar-refractivity contribution in [3.63, 3.8) is 0 Å². The molecular weight excluding hydrogens is 240 g/mol. The molecule has 1 unspecified atom stereocenters. The van der Waals surface area contributed by atoms with Crippen LogP contribution in [-0.4, -0.2) is 22.0 Å². The van der Waals surface area contributed by atoms with Gasteiger partial charge in [-0.25, -0.2) is 0 Å². The maximum absolute atomic E-state index is 10.7. The summed E-state index contributed by atoms with van der Waals surface area (Å²) in [6.07, 6.45) is 3.37. The maximum atomic E-state index is 10.7. The van der Waals surface area contributed by atoms with E-state index in [1.165, 1.54) is 18.4 Å². The molecule has 1 N–H and O–H groups in total. The Morgan fingerprint density at radius 2 is 2.11 bits per heavy atom. The van der Waals surface area contributed by atoms with Crippen molar-refractivity contribution in [3.05, 3.63) is 47.3 Å². The van der Waals surface area contributed by atoms with E-state index in [9.17, 15) is 5.11 Å². The molecule has 4 nitrogen and oxygen atoms in total. The van der Waals surface area contributed by atoms with Crippen molar-refractivity contribution >= 4 is 0 Å². The SMILES string of the molecule is COc1cnn(C)c1C(O)c1ccccc1C1CC1. The average Bonchev–Trinajstić information content (AvgIpc) is 3.21. The first-order valence-electron chi connectivity index (χ1n) is 6.55. The van der Waals surface area contributed by atoms with Gasteiger partial charge in [0.25, 0.3) is 0 Å². The fraction of sp³-hybridized carbons (Fsp3) is 0.400. The van der Waals surface area contributed by atoms with Crippen LogP contribution in [0.25, 0.3) is 0 Å². The van der Waals surface area contributed by atoms with Gasteiger partial charge in [-0.2, -0.15) is 5.10 Å². The monoisotopic (exact) mass is 258 g/mol. The second-order valence-electron chi connectivity index (χ2n) is 5.03. The highest BCUT2D eigenvalue weighted by atomic mass is 16.5. The second-order valence-corrected chi connectivity index (χ2v) is 5.03. The van der Waals surface area contributed by atoms with Crippen molar-refractivity contribution in [1.29, 1.82) is 0 Å². The summed E-state index contributed by atoms with van der Waals surface area (Å²) >= 11 is 0. The summed E-state index contributed by atoms with van der Waals surface area (Å²) in [5, 5.41) is 14.8. The fourth-order valence-corrected chi connectivity index (χ4v) is 2.57. The predicted octanol–water partition coefficient (Wildman–Crippen LogP) is 2.39. The quantitative estimate of drug-likeness (QED) is 0.916. The lowest BCUT2D eigenvalue weighted by molar-refractivity contribution is 0.203. The summed E-state index contributed by atoms with van der Waals surface area (Å²) in [5.41, 5.74) is 2.92. The summed E-state index contributed by atoms with van der Waals surface area (Å²) in [5.74, 6) is 1.23. The third-order valence-electron chi connectivity index (χ3n) is 3.74. The fourth-order valence-electron chi connectivity index (χ4n) is 2.57. The van der Waals surface area contributed by atoms with Gasteiger partial charge in [0.2, 0.25) is 0 Å². The minimum absolute atomic E-state index is 0.602. The first-order valence-corrected chi connectivity index (χ1v) is 6.55. The number of nitrogens with zero attached hydrogens (tertiary/aromatic N) is 2. The molecule has 1 heterocycles. The predicted molar refractivity (Wildman–Crippen MR) is 72.2 cm³/mol. The molecular formula is C15H18N2O2. The van der Waals surface area contributed by atoms with Crippen LogP contribution >= 0.6 is 0 Å². The van der Waals surface area contributed by atoms with Gasteiger partial charge in [0.1, 0.15) is 11.8 Å². The number of aryl methyl sites for hydroxylation is 1. The Labute approximate surface area is 112 Å². The highest BCUT2D eigenvalue weighted by Gasteiger charge is 2.30. The van der Waals surface area contributed by atoms with Crippen molar-refractivity contribution < 1.29 is 9.84 Å². The van der Waals surface area contributed by atoms with Crippen LogP contribution in [0, 0.1) is 0 Å². The number of aliphatic hydroxyl groups is 1. The van der Waals surface area contributed by atoms with Crippen LogP contribution in [-0.2, 0) is 7.05 Å². The van der Waals surface area contributed by atoms with Crippen molar-refractivity contribution in [2.45, 2.75) is 24.9 Å². The van der Waals surface area contributed by atoms with E-state index in [0.717, 1.165) is 5.56 Å². The van der Waals surface area contributed by atoms with Gasteiger partial charge in [-0.1, -0.05) is 24.3 Å². The zero-order valence-corrected chi connectivity index (χ0v) is 11.2. The first kappa shape index (κ1) is 12.2. The van der Waals surface area contributed by atoms with Gasteiger partial charge in [-0.3, -0.25) is 4.68 Å². The Balaban J connectivity index is 2.04. The van der Waals surface area contributed by atoms with Gasteiger partial charge in [-0.15, -0.1) is 0 Å². The van der Waals surface area contributed by atoms with E-state index in [4.69, 9.17) is 4.74 Å². The van der Waals surface area contributed by atoms with E-state index in [2.05, 4.69) is 11.2 Å². The Bertz CT molecular complexity index is 588. The molecule has 100 valence electrons. The molecule has 1 atom stereocenters. The number of rotatable bonds is 4. The van der Waals surface area contributed by atoms with Crippen LogP contribution in [0.1, 0.15) is 41.7 Å². The molecule has 3 rings (SSSR count). The third kappa shape index (κ3) is 2.12. The van der Waals surface area contributed by atoms with Crippen LogP contribution in [0.4, 0.5) is 0 Å². The van der Waals surface area contributed by atoms with E-state index >= 15 is 0 Å². The van der Waals surface area contributed by atoms with Crippen LogP contribution in [0.15, 0.2) is 30.5 Å². The van der Waals surface area contributed by atoms with E-state index < -0.39 is 6.10 Å². The zero-order chi connectivity index (χ0) is 13.4. The number of hydrogen-bond acceptors (Lipinski definition) is 3. The number of aromatic nitrogens is 2. The first-order chi connectivity index (χ1) is 9.22. The molecule has 4 heteroatoms. The molecule has 0 aliphatic heterocycles. The van der Waals surface area contributed by atoms with Crippen molar-refractivity contribution in [2.24, 2.45) is 7.05 Å². The van der Waals surface area contributed by atoms with Gasteiger partial charge in [0, 0.05) is 7.05 Å². The van der Waals surface area contributed by atoms with Crippen LogP contribution in [0.2, 0.25) is 0 Å². The summed E-state index contributed by atoms with van der Waals surface area (Å²) in [4.78, 5) is 0. The number of hydrogen-bond donors (Lipinski definition) is 1. The minimum Gasteiger partial charge on any atom is -0.493 e. The van der Waals surface area contributed by atoms with Crippen molar-refractivity contribution in [2.75, 3.05) is 7.11 Å². The maximum Gasteiger partial charge on any atom is 0.162 e. The number of aliphatic hydroxyl groups excluding tert-OH is 1. The number of ether oxygens (including phenoxy) is 1. The molecule has 0 spiro atoms. The second kappa shape index (κ2) is 4.70. The molecule has 1 fully saturated rings. The third-order valence-corrected chi connectivity index (χ3v) is 3.74. The Morgan fingerprint density at radius 1 is 1.37 bits per heavy atom. The van der Waals surface area contributed by atoms with E-state index in [-0.39, 0.29) is 0 Å². The number of methoxy groups -OCH3 is 1. The van der Waals surface area contributed by atoms with Crippen LogP contribution < -0.4 is 4.74 Å². The molecule has 1 aliphatic carbocycles. The highest BCUT2D eigenvalue weighted by molar-refractivity contribution is 5.41. The lowest BCUT2D eigenvalue weighted by Crippen LogP contribution is -2.10. The normalized spacial score (nSPS) is 16.4. The zero-order valence-electron chi connectivity index (χ0n) is 11.2. The van der Waals surface area contributed by atoms with Crippen LogP contribution in [0.5, 0.6) is 5.75 Å². The topological polar surface area (TPSA) is 47.3 Å². The lowest BCUT2D eigenvalue weighted by atomic mass is 9.97. The molecule has 19 heavy (non-hydrogen) atoms. The van der Waals surface area contributed by atoms with E-state index in [1.54, 1.807) is 18.0 Å². The smallest absolute Gasteiger partial charge is 0.162 e. The molecule has 1 aromatic heterocycles. The molecule has 0 radical (unpaired) electrons. The molecule has 2 aromatic rings. The van der Waals surface area contributed by atoms with Gasteiger partial charge >= 0.3 is 0 Å². The van der Waals surface area contributed by atoms with Gasteiger partial charge in [0.15, 0.2) is 5.75 Å². The van der Waals surface area contributed by atoms with Crippen molar-refractivity contribution in [1.82, 2.24) is 9.78 Å². The van der Waals surface area contributed by atoms with Gasteiger partial charge < -0.3 is 9.84 Å². The Kier molecular flexibility index (Phi) is 3.03.